The van der Waals surface area contributed by atoms with Gasteiger partial charge in [-0.05, 0) is 23.6 Å². The Bertz CT molecular complexity index is 590. The van der Waals surface area contributed by atoms with E-state index in [0.717, 1.165) is 5.69 Å². The van der Waals surface area contributed by atoms with Gasteiger partial charge < -0.3 is 10.4 Å². The van der Waals surface area contributed by atoms with Crippen LogP contribution in [0, 0.1) is 5.41 Å². The Kier molecular flexibility index (Phi) is 4.26. The molecule has 1 aliphatic carbocycles. The number of hydrogen-bond acceptors (Lipinski definition) is 4. The van der Waals surface area contributed by atoms with E-state index in [-0.39, 0.29) is 41.2 Å². The highest BCUT2D eigenvalue weighted by Gasteiger charge is 2.37. The standard InChI is InChI=1S/C17H19NO3/c1-17(2)10-14(20)16(15(21)11-17)13(19)8-9-18-12-6-4-3-5-7-12/h3-9,18-19H,10-11H2,1-2H3/b9-8-. The van der Waals surface area contributed by atoms with Gasteiger partial charge in [0.1, 0.15) is 11.3 Å². The molecule has 2 rings (SSSR count). The predicted molar refractivity (Wildman–Crippen MR) is 81.9 cm³/mol. The van der Waals surface area contributed by atoms with Gasteiger partial charge in [-0.2, -0.15) is 0 Å². The number of carbonyl (C=O) groups excluding carboxylic acids is 2. The molecule has 0 bridgehead atoms. The summed E-state index contributed by atoms with van der Waals surface area (Å²) in [5, 5.41) is 12.9. The first-order chi connectivity index (χ1) is 9.89. The zero-order valence-electron chi connectivity index (χ0n) is 12.2. The minimum atomic E-state index is -0.329. The van der Waals surface area contributed by atoms with E-state index in [9.17, 15) is 14.7 Å². The van der Waals surface area contributed by atoms with Crippen molar-refractivity contribution in [3.05, 3.63) is 53.9 Å². The molecule has 4 nitrogen and oxygen atoms in total. The van der Waals surface area contributed by atoms with Crippen molar-refractivity contribution in [3.63, 3.8) is 0 Å². The highest BCUT2D eigenvalue weighted by atomic mass is 16.3. The number of ketones is 2. The predicted octanol–water partition coefficient (Wildman–Crippen LogP) is 3.38. The molecule has 21 heavy (non-hydrogen) atoms. The van der Waals surface area contributed by atoms with Crippen LogP contribution < -0.4 is 5.32 Å². The van der Waals surface area contributed by atoms with E-state index in [0.29, 0.717) is 0 Å². The highest BCUT2D eigenvalue weighted by molar-refractivity contribution is 6.22. The normalized spacial score (nSPS) is 18.1. The number of para-hydroxylation sites is 1. The lowest BCUT2D eigenvalue weighted by atomic mass is 9.74. The van der Waals surface area contributed by atoms with Crippen molar-refractivity contribution < 1.29 is 14.7 Å². The summed E-state index contributed by atoms with van der Waals surface area (Å²) in [6.45, 7) is 3.76. The number of anilines is 1. The molecule has 0 heterocycles. The summed E-state index contributed by atoms with van der Waals surface area (Å²) in [4.78, 5) is 24.0. The van der Waals surface area contributed by atoms with Crippen LogP contribution in [0.2, 0.25) is 0 Å². The Hall–Kier alpha value is -2.36. The third-order valence-corrected chi connectivity index (χ3v) is 3.36. The van der Waals surface area contributed by atoms with Crippen LogP contribution in [0.5, 0.6) is 0 Å². The molecular formula is C17H19NO3. The van der Waals surface area contributed by atoms with Gasteiger partial charge in [0.15, 0.2) is 11.6 Å². The fourth-order valence-corrected chi connectivity index (χ4v) is 2.38. The summed E-state index contributed by atoms with van der Waals surface area (Å²) in [7, 11) is 0. The number of aliphatic hydroxyl groups excluding tert-OH is 1. The number of carbonyl (C=O) groups is 2. The van der Waals surface area contributed by atoms with Crippen molar-refractivity contribution in [1.29, 1.82) is 0 Å². The van der Waals surface area contributed by atoms with E-state index >= 15 is 0 Å². The number of allylic oxidation sites excluding steroid dienone is 2. The SMILES string of the molecule is CC1(C)CC(=O)C(=C(O)/C=C\Nc2ccccc2)C(=O)C1. The van der Waals surface area contributed by atoms with E-state index in [2.05, 4.69) is 5.32 Å². The molecule has 0 saturated heterocycles. The van der Waals surface area contributed by atoms with Crippen LogP contribution in [-0.2, 0) is 9.59 Å². The molecule has 1 aromatic carbocycles. The molecule has 1 fully saturated rings. The molecule has 4 heteroatoms. The molecule has 0 atom stereocenters. The molecule has 2 N–H and O–H groups in total. The second-order valence-corrected chi connectivity index (χ2v) is 5.97. The Morgan fingerprint density at radius 2 is 1.71 bits per heavy atom. The largest absolute Gasteiger partial charge is 0.507 e. The third kappa shape index (κ3) is 3.81. The smallest absolute Gasteiger partial charge is 0.170 e. The highest BCUT2D eigenvalue weighted by Crippen LogP contribution is 2.34. The molecule has 0 aromatic heterocycles. The summed E-state index contributed by atoms with van der Waals surface area (Å²) >= 11 is 0. The Morgan fingerprint density at radius 3 is 2.29 bits per heavy atom. The Balaban J connectivity index is 2.12. The van der Waals surface area contributed by atoms with E-state index in [1.165, 1.54) is 12.3 Å². The molecule has 110 valence electrons. The van der Waals surface area contributed by atoms with Crippen molar-refractivity contribution in [3.8, 4) is 0 Å². The third-order valence-electron chi connectivity index (χ3n) is 3.36. The summed E-state index contributed by atoms with van der Waals surface area (Å²) in [6.07, 6.45) is 3.41. The van der Waals surface area contributed by atoms with Gasteiger partial charge in [-0.1, -0.05) is 32.0 Å². The lowest BCUT2D eigenvalue weighted by Crippen LogP contribution is -2.32. The van der Waals surface area contributed by atoms with Crippen LogP contribution >= 0.6 is 0 Å². The topological polar surface area (TPSA) is 66.4 Å². The Labute approximate surface area is 124 Å². The van der Waals surface area contributed by atoms with Gasteiger partial charge in [-0.15, -0.1) is 0 Å². The van der Waals surface area contributed by atoms with Gasteiger partial charge in [0.05, 0.1) is 0 Å². The fourth-order valence-electron chi connectivity index (χ4n) is 2.38. The molecule has 0 spiro atoms. The van der Waals surface area contributed by atoms with Crippen LogP contribution in [0.4, 0.5) is 5.69 Å². The zero-order chi connectivity index (χ0) is 15.5. The number of hydrogen-bond donors (Lipinski definition) is 2. The summed E-state index contributed by atoms with van der Waals surface area (Å²) in [5.74, 6) is -0.861. The summed E-state index contributed by atoms with van der Waals surface area (Å²) in [6, 6.07) is 9.40. The van der Waals surface area contributed by atoms with Crippen LogP contribution in [0.3, 0.4) is 0 Å². The van der Waals surface area contributed by atoms with Crippen LogP contribution in [0.1, 0.15) is 26.7 Å². The number of aliphatic hydroxyl groups is 1. The number of Topliss-reactive ketones (excluding diaryl/α,β-unsaturated/α-hetero) is 2. The van der Waals surface area contributed by atoms with Crippen molar-refractivity contribution in [2.75, 3.05) is 5.32 Å². The first kappa shape index (κ1) is 15.0. The lowest BCUT2D eigenvalue weighted by molar-refractivity contribution is -0.127. The second-order valence-electron chi connectivity index (χ2n) is 5.97. The molecule has 1 aliphatic rings. The molecule has 1 aromatic rings. The first-order valence-corrected chi connectivity index (χ1v) is 6.87. The average Bonchev–Trinajstić information content (AvgIpc) is 2.37. The van der Waals surface area contributed by atoms with Gasteiger partial charge in [-0.3, -0.25) is 9.59 Å². The van der Waals surface area contributed by atoms with E-state index in [1.807, 2.05) is 44.2 Å². The van der Waals surface area contributed by atoms with E-state index < -0.39 is 0 Å². The number of nitrogens with one attached hydrogen (secondary N) is 1. The maximum absolute atomic E-state index is 12.0. The van der Waals surface area contributed by atoms with Gasteiger partial charge in [0.25, 0.3) is 0 Å². The van der Waals surface area contributed by atoms with E-state index in [4.69, 9.17) is 0 Å². The van der Waals surface area contributed by atoms with Crippen molar-refractivity contribution in [1.82, 2.24) is 0 Å². The molecule has 1 saturated carbocycles. The first-order valence-electron chi connectivity index (χ1n) is 6.87. The van der Waals surface area contributed by atoms with Crippen LogP contribution in [-0.4, -0.2) is 16.7 Å². The van der Waals surface area contributed by atoms with E-state index in [1.54, 1.807) is 0 Å². The number of rotatable bonds is 3. The molecule has 0 aliphatic heterocycles. The average molecular weight is 285 g/mol. The molecule has 0 radical (unpaired) electrons. The van der Waals surface area contributed by atoms with Crippen molar-refractivity contribution in [2.24, 2.45) is 5.41 Å². The van der Waals surface area contributed by atoms with Crippen molar-refractivity contribution in [2.45, 2.75) is 26.7 Å². The maximum Gasteiger partial charge on any atom is 0.170 e. The molecular weight excluding hydrogens is 266 g/mol. The number of benzene rings is 1. The summed E-state index contributed by atoms with van der Waals surface area (Å²) in [5.41, 5.74) is 0.443. The molecule has 0 amide bonds. The van der Waals surface area contributed by atoms with Gasteiger partial charge in [0.2, 0.25) is 0 Å². The van der Waals surface area contributed by atoms with Gasteiger partial charge >= 0.3 is 0 Å². The minimum absolute atomic E-state index is 0.0829. The lowest BCUT2D eigenvalue weighted by Gasteiger charge is -2.28. The minimum Gasteiger partial charge on any atom is -0.507 e. The summed E-state index contributed by atoms with van der Waals surface area (Å²) < 4.78 is 0. The fraction of sp³-hybridized carbons (Fsp3) is 0.294. The second kappa shape index (κ2) is 5.95. The zero-order valence-corrected chi connectivity index (χ0v) is 12.2. The molecule has 0 unspecified atom stereocenters. The van der Waals surface area contributed by atoms with Gasteiger partial charge in [-0.25, -0.2) is 0 Å². The quantitative estimate of drug-likeness (QED) is 0.507. The van der Waals surface area contributed by atoms with Crippen molar-refractivity contribution >= 4 is 17.3 Å². The van der Waals surface area contributed by atoms with Gasteiger partial charge in [0, 0.05) is 24.7 Å². The monoisotopic (exact) mass is 285 g/mol. The van der Waals surface area contributed by atoms with Crippen LogP contribution in [0.15, 0.2) is 53.9 Å². The Morgan fingerprint density at radius 1 is 1.14 bits per heavy atom. The van der Waals surface area contributed by atoms with Crippen LogP contribution in [0.25, 0.3) is 0 Å². The maximum atomic E-state index is 12.0.